The van der Waals surface area contributed by atoms with Gasteiger partial charge in [0, 0.05) is 42.5 Å². The van der Waals surface area contributed by atoms with Crippen molar-refractivity contribution in [3.63, 3.8) is 0 Å². The molecule has 1 aliphatic carbocycles. The summed E-state index contributed by atoms with van der Waals surface area (Å²) in [6.45, 7) is 8.16. The van der Waals surface area contributed by atoms with Gasteiger partial charge in [-0.15, -0.1) is 0 Å². The maximum atomic E-state index is 14.8. The Balaban J connectivity index is 1.81. The van der Waals surface area contributed by atoms with Crippen LogP contribution in [0.4, 0.5) is 4.39 Å². The standard InChI is InChI=1S/C21H26FN5O2/c1-11(12-6-7-13(28)8-12)29-20-17-16(26-27(5)19(17)22)9-15(24-20)14-10-23-25-18(14)21(2,3)4/h9-12H,6-8H2,1-5H3,(H,23,25)/t11-,12+/m1/s1. The minimum absolute atomic E-state index is 0.113. The number of nitrogens with one attached hydrogen (secondary N) is 1. The zero-order valence-corrected chi connectivity index (χ0v) is 17.4. The molecule has 0 aromatic carbocycles. The van der Waals surface area contributed by atoms with Crippen molar-refractivity contribution in [3.8, 4) is 17.1 Å². The molecule has 0 aliphatic heterocycles. The molecule has 0 radical (unpaired) electrons. The van der Waals surface area contributed by atoms with Gasteiger partial charge in [0.25, 0.3) is 0 Å². The Morgan fingerprint density at radius 2 is 2.14 bits per heavy atom. The number of ether oxygens (including phenoxy) is 1. The molecular weight excluding hydrogens is 373 g/mol. The Kier molecular flexibility index (Phi) is 4.67. The topological polar surface area (TPSA) is 85.7 Å². The number of aryl methyl sites for hydroxylation is 1. The first kappa shape index (κ1) is 19.5. The maximum Gasteiger partial charge on any atom is 0.228 e. The van der Waals surface area contributed by atoms with Crippen LogP contribution in [0.2, 0.25) is 0 Å². The van der Waals surface area contributed by atoms with Gasteiger partial charge in [-0.25, -0.2) is 9.67 Å². The van der Waals surface area contributed by atoms with E-state index in [-0.39, 0.29) is 34.5 Å². The highest BCUT2D eigenvalue weighted by atomic mass is 19.1. The number of rotatable bonds is 4. The Morgan fingerprint density at radius 3 is 2.79 bits per heavy atom. The molecule has 1 fully saturated rings. The Labute approximate surface area is 168 Å². The third-order valence-corrected chi connectivity index (χ3v) is 5.62. The van der Waals surface area contributed by atoms with Crippen LogP contribution in [0.15, 0.2) is 12.3 Å². The first-order valence-electron chi connectivity index (χ1n) is 9.91. The van der Waals surface area contributed by atoms with Crippen LogP contribution in [0.5, 0.6) is 5.88 Å². The number of halogens is 1. The maximum absolute atomic E-state index is 14.8. The Hall–Kier alpha value is -2.77. The third-order valence-electron chi connectivity index (χ3n) is 5.62. The summed E-state index contributed by atoms with van der Waals surface area (Å²) in [5.41, 5.74) is 2.69. The number of H-pyrrole nitrogens is 1. The van der Waals surface area contributed by atoms with E-state index in [0.717, 1.165) is 17.7 Å². The van der Waals surface area contributed by atoms with E-state index >= 15 is 0 Å². The van der Waals surface area contributed by atoms with E-state index < -0.39 is 5.95 Å². The smallest absolute Gasteiger partial charge is 0.228 e. The second-order valence-corrected chi connectivity index (χ2v) is 8.89. The number of ketones is 1. The molecule has 1 saturated carbocycles. The van der Waals surface area contributed by atoms with Gasteiger partial charge in [0.2, 0.25) is 11.8 Å². The molecule has 0 bridgehead atoms. The molecule has 3 aromatic rings. The van der Waals surface area contributed by atoms with Crippen molar-refractivity contribution in [1.82, 2.24) is 25.0 Å². The molecule has 0 spiro atoms. The first-order valence-corrected chi connectivity index (χ1v) is 9.91. The molecular formula is C21H26FN5O2. The minimum Gasteiger partial charge on any atom is -0.474 e. The Morgan fingerprint density at radius 1 is 1.38 bits per heavy atom. The van der Waals surface area contributed by atoms with Crippen LogP contribution in [0.1, 0.15) is 52.7 Å². The zero-order chi connectivity index (χ0) is 20.9. The number of Topliss-reactive ketones (excluding diaryl/α,β-unsaturated/α-hetero) is 1. The van der Waals surface area contributed by atoms with Gasteiger partial charge < -0.3 is 4.74 Å². The summed E-state index contributed by atoms with van der Waals surface area (Å²) >= 11 is 0. The number of carbonyl (C=O) groups excluding carboxylic acids is 1. The average molecular weight is 399 g/mol. The summed E-state index contributed by atoms with van der Waals surface area (Å²) in [6.07, 6.45) is 3.32. The molecule has 1 N–H and O–H groups in total. The highest BCUT2D eigenvalue weighted by Crippen LogP contribution is 2.36. The lowest BCUT2D eigenvalue weighted by atomic mass is 9.88. The summed E-state index contributed by atoms with van der Waals surface area (Å²) in [5, 5.41) is 11.8. The van der Waals surface area contributed by atoms with Gasteiger partial charge in [0.05, 0.1) is 11.9 Å². The van der Waals surface area contributed by atoms with E-state index in [0.29, 0.717) is 24.1 Å². The van der Waals surface area contributed by atoms with Gasteiger partial charge in [-0.1, -0.05) is 20.8 Å². The molecule has 0 amide bonds. The predicted molar refractivity (Wildman–Crippen MR) is 107 cm³/mol. The summed E-state index contributed by atoms with van der Waals surface area (Å²) in [7, 11) is 1.55. The third kappa shape index (κ3) is 3.52. The van der Waals surface area contributed by atoms with E-state index in [9.17, 15) is 9.18 Å². The van der Waals surface area contributed by atoms with Crippen LogP contribution in [-0.2, 0) is 17.3 Å². The molecule has 1 aliphatic rings. The highest BCUT2D eigenvalue weighted by molar-refractivity contribution is 5.87. The SMILES string of the molecule is C[C@@H](Oc1nc(-c2cn[nH]c2C(C)(C)C)cc2nn(C)c(F)c12)[C@H]1CCC(=O)C1. The number of nitrogens with zero attached hydrogens (tertiary/aromatic N) is 4. The lowest BCUT2D eigenvalue weighted by molar-refractivity contribution is -0.117. The van der Waals surface area contributed by atoms with Gasteiger partial charge in [-0.2, -0.15) is 14.6 Å². The van der Waals surface area contributed by atoms with Gasteiger partial charge in [-0.05, 0) is 19.4 Å². The van der Waals surface area contributed by atoms with Crippen molar-refractivity contribution in [1.29, 1.82) is 0 Å². The van der Waals surface area contributed by atoms with E-state index in [1.54, 1.807) is 19.3 Å². The van der Waals surface area contributed by atoms with Crippen molar-refractivity contribution in [2.24, 2.45) is 13.0 Å². The van der Waals surface area contributed by atoms with Gasteiger partial charge in [-0.3, -0.25) is 9.89 Å². The first-order chi connectivity index (χ1) is 13.6. The summed E-state index contributed by atoms with van der Waals surface area (Å²) in [5.74, 6) is 0.0721. The quantitative estimate of drug-likeness (QED) is 0.718. The lowest BCUT2D eigenvalue weighted by Gasteiger charge is -2.21. The number of aromatic nitrogens is 5. The summed E-state index contributed by atoms with van der Waals surface area (Å²) in [6, 6.07) is 1.76. The van der Waals surface area contributed by atoms with Crippen molar-refractivity contribution in [2.45, 2.75) is 58.5 Å². The van der Waals surface area contributed by atoms with Crippen molar-refractivity contribution in [3.05, 3.63) is 23.9 Å². The molecule has 3 aromatic heterocycles. The molecule has 8 heteroatoms. The summed E-state index contributed by atoms with van der Waals surface area (Å²) < 4.78 is 22.1. The van der Waals surface area contributed by atoms with E-state index in [1.165, 1.54) is 4.68 Å². The number of aromatic amines is 1. The van der Waals surface area contributed by atoms with Crippen molar-refractivity contribution in [2.75, 3.05) is 0 Å². The Bertz CT molecular complexity index is 1080. The monoisotopic (exact) mass is 399 g/mol. The fourth-order valence-corrected chi connectivity index (χ4v) is 3.94. The largest absolute Gasteiger partial charge is 0.474 e. The number of hydrogen-bond acceptors (Lipinski definition) is 5. The van der Waals surface area contributed by atoms with E-state index in [4.69, 9.17) is 4.74 Å². The molecule has 4 rings (SSSR count). The van der Waals surface area contributed by atoms with Crippen LogP contribution in [-0.4, -0.2) is 36.8 Å². The predicted octanol–water partition coefficient (Wildman–Crippen LogP) is 3.93. The van der Waals surface area contributed by atoms with E-state index in [1.807, 2.05) is 6.92 Å². The fourth-order valence-electron chi connectivity index (χ4n) is 3.94. The van der Waals surface area contributed by atoms with Crippen molar-refractivity contribution < 1.29 is 13.9 Å². The summed E-state index contributed by atoms with van der Waals surface area (Å²) in [4.78, 5) is 16.3. The number of fused-ring (bicyclic) bond motifs is 1. The molecule has 154 valence electrons. The van der Waals surface area contributed by atoms with Crippen LogP contribution >= 0.6 is 0 Å². The zero-order valence-electron chi connectivity index (χ0n) is 17.4. The molecule has 2 atom stereocenters. The van der Waals surface area contributed by atoms with Gasteiger partial charge in [0.15, 0.2) is 0 Å². The molecule has 3 heterocycles. The highest BCUT2D eigenvalue weighted by Gasteiger charge is 2.30. The van der Waals surface area contributed by atoms with Crippen LogP contribution < -0.4 is 4.74 Å². The van der Waals surface area contributed by atoms with Gasteiger partial charge in [0.1, 0.15) is 22.8 Å². The normalized spacial score (nSPS) is 18.6. The van der Waals surface area contributed by atoms with E-state index in [2.05, 4.69) is 41.1 Å². The van der Waals surface area contributed by atoms with Crippen LogP contribution in [0.25, 0.3) is 22.2 Å². The minimum atomic E-state index is -0.494. The molecule has 0 unspecified atom stereocenters. The number of carbonyl (C=O) groups is 1. The lowest BCUT2D eigenvalue weighted by Crippen LogP contribution is -2.22. The van der Waals surface area contributed by atoms with Crippen LogP contribution in [0, 0.1) is 11.9 Å². The van der Waals surface area contributed by atoms with Crippen molar-refractivity contribution >= 4 is 16.7 Å². The molecule has 0 saturated heterocycles. The molecule has 7 nitrogen and oxygen atoms in total. The second kappa shape index (κ2) is 6.93. The number of hydrogen-bond donors (Lipinski definition) is 1. The average Bonchev–Trinajstić information content (AvgIpc) is 3.34. The molecule has 29 heavy (non-hydrogen) atoms. The number of pyridine rings is 1. The van der Waals surface area contributed by atoms with Gasteiger partial charge >= 0.3 is 0 Å². The second-order valence-electron chi connectivity index (χ2n) is 8.89. The van der Waals surface area contributed by atoms with Crippen LogP contribution in [0.3, 0.4) is 0 Å². The fraction of sp³-hybridized carbons (Fsp3) is 0.524.